The molecule has 0 saturated heterocycles. The molecule has 2 aromatic rings. The van der Waals surface area contributed by atoms with Crippen LogP contribution < -0.4 is 4.74 Å². The van der Waals surface area contributed by atoms with Gasteiger partial charge in [-0.25, -0.2) is 0 Å². The lowest BCUT2D eigenvalue weighted by Gasteiger charge is -2.06. The molecular formula is C13H16ClNO3. The zero-order valence-electron chi connectivity index (χ0n) is 10.4. The maximum atomic E-state index is 9.79. The molecule has 1 aromatic carbocycles. The molecule has 98 valence electrons. The number of ether oxygens (including phenoxy) is 1. The van der Waals surface area contributed by atoms with E-state index >= 15 is 0 Å². The maximum absolute atomic E-state index is 9.79. The van der Waals surface area contributed by atoms with Gasteiger partial charge >= 0.3 is 0 Å². The highest BCUT2D eigenvalue weighted by Gasteiger charge is 2.15. The van der Waals surface area contributed by atoms with E-state index in [1.807, 2.05) is 16.8 Å². The van der Waals surface area contributed by atoms with Crippen LogP contribution in [0.15, 0.2) is 18.3 Å². The van der Waals surface area contributed by atoms with Crippen LogP contribution >= 0.6 is 11.6 Å². The molecule has 0 aliphatic carbocycles. The van der Waals surface area contributed by atoms with Crippen molar-refractivity contribution in [3.63, 3.8) is 0 Å². The van der Waals surface area contributed by atoms with Gasteiger partial charge in [0.15, 0.2) is 0 Å². The summed E-state index contributed by atoms with van der Waals surface area (Å²) in [5.74, 6) is 0.577. The SMILES string of the molecule is COc1cc2c(C(C)O)cn(CCO)c2cc1Cl. The molecule has 0 aliphatic rings. The van der Waals surface area contributed by atoms with Crippen LogP contribution in [0.2, 0.25) is 5.02 Å². The van der Waals surface area contributed by atoms with Crippen molar-refractivity contribution in [3.05, 3.63) is 28.9 Å². The molecular weight excluding hydrogens is 254 g/mol. The van der Waals surface area contributed by atoms with Crippen LogP contribution in [0.3, 0.4) is 0 Å². The Bertz CT molecular complexity index is 563. The van der Waals surface area contributed by atoms with Crippen molar-refractivity contribution in [2.75, 3.05) is 13.7 Å². The third-order valence-corrected chi connectivity index (χ3v) is 3.27. The first-order valence-electron chi connectivity index (χ1n) is 5.73. The summed E-state index contributed by atoms with van der Waals surface area (Å²) in [5.41, 5.74) is 1.68. The summed E-state index contributed by atoms with van der Waals surface area (Å²) in [4.78, 5) is 0. The van der Waals surface area contributed by atoms with Crippen molar-refractivity contribution in [2.24, 2.45) is 0 Å². The van der Waals surface area contributed by atoms with E-state index in [9.17, 15) is 5.11 Å². The Morgan fingerprint density at radius 2 is 2.17 bits per heavy atom. The van der Waals surface area contributed by atoms with Gasteiger partial charge in [-0.3, -0.25) is 0 Å². The fraction of sp³-hybridized carbons (Fsp3) is 0.385. The topological polar surface area (TPSA) is 54.6 Å². The molecule has 5 heteroatoms. The number of halogens is 1. The Hall–Kier alpha value is -1.23. The van der Waals surface area contributed by atoms with Gasteiger partial charge in [-0.2, -0.15) is 0 Å². The van der Waals surface area contributed by atoms with Gasteiger partial charge in [0, 0.05) is 23.7 Å². The second-order valence-electron chi connectivity index (χ2n) is 4.18. The molecule has 1 unspecified atom stereocenters. The number of hydrogen-bond donors (Lipinski definition) is 2. The van der Waals surface area contributed by atoms with E-state index in [1.54, 1.807) is 20.1 Å². The highest BCUT2D eigenvalue weighted by Crippen LogP contribution is 2.34. The Balaban J connectivity index is 2.70. The van der Waals surface area contributed by atoms with Crippen LogP contribution in [-0.2, 0) is 6.54 Å². The van der Waals surface area contributed by atoms with Gasteiger partial charge in [-0.05, 0) is 19.1 Å². The lowest BCUT2D eigenvalue weighted by atomic mass is 10.1. The minimum absolute atomic E-state index is 0.0344. The normalized spacial score (nSPS) is 12.9. The number of fused-ring (bicyclic) bond motifs is 1. The van der Waals surface area contributed by atoms with Crippen LogP contribution in [0.5, 0.6) is 5.75 Å². The first kappa shape index (κ1) is 13.2. The number of aliphatic hydroxyl groups is 2. The van der Waals surface area contributed by atoms with Crippen LogP contribution in [0, 0.1) is 0 Å². The molecule has 0 radical (unpaired) electrons. The number of benzene rings is 1. The molecule has 0 spiro atoms. The van der Waals surface area contributed by atoms with Crippen molar-refractivity contribution < 1.29 is 14.9 Å². The maximum Gasteiger partial charge on any atom is 0.138 e. The molecule has 1 atom stereocenters. The Labute approximate surface area is 110 Å². The van der Waals surface area contributed by atoms with Crippen LogP contribution in [-0.4, -0.2) is 28.5 Å². The molecule has 0 saturated carbocycles. The van der Waals surface area contributed by atoms with Crippen LogP contribution in [0.25, 0.3) is 10.9 Å². The zero-order valence-corrected chi connectivity index (χ0v) is 11.1. The molecule has 1 aromatic heterocycles. The van der Waals surface area contributed by atoms with Crippen LogP contribution in [0.4, 0.5) is 0 Å². The summed E-state index contributed by atoms with van der Waals surface area (Å²) in [6.07, 6.45) is 1.25. The summed E-state index contributed by atoms with van der Waals surface area (Å²) in [5, 5.41) is 20.2. The van der Waals surface area contributed by atoms with Gasteiger partial charge in [0.1, 0.15) is 5.75 Å². The largest absolute Gasteiger partial charge is 0.495 e. The van der Waals surface area contributed by atoms with Gasteiger partial charge < -0.3 is 19.5 Å². The lowest BCUT2D eigenvalue weighted by molar-refractivity contribution is 0.200. The first-order valence-corrected chi connectivity index (χ1v) is 6.11. The quantitative estimate of drug-likeness (QED) is 0.896. The van der Waals surface area contributed by atoms with Gasteiger partial charge in [-0.15, -0.1) is 0 Å². The minimum Gasteiger partial charge on any atom is -0.495 e. The van der Waals surface area contributed by atoms with Gasteiger partial charge in [0.2, 0.25) is 0 Å². The molecule has 2 N–H and O–H groups in total. The monoisotopic (exact) mass is 269 g/mol. The second-order valence-corrected chi connectivity index (χ2v) is 4.59. The van der Waals surface area contributed by atoms with E-state index in [2.05, 4.69) is 0 Å². The summed E-state index contributed by atoms with van der Waals surface area (Å²) in [6.45, 7) is 2.21. The van der Waals surface area contributed by atoms with Crippen molar-refractivity contribution in [2.45, 2.75) is 19.6 Å². The number of methoxy groups -OCH3 is 1. The average Bonchev–Trinajstić information content (AvgIpc) is 2.67. The number of aromatic nitrogens is 1. The molecule has 2 rings (SSSR count). The van der Waals surface area contributed by atoms with Crippen molar-refractivity contribution in [3.8, 4) is 5.75 Å². The van der Waals surface area contributed by atoms with Gasteiger partial charge in [0.25, 0.3) is 0 Å². The Kier molecular flexibility index (Phi) is 3.80. The van der Waals surface area contributed by atoms with Crippen molar-refractivity contribution >= 4 is 22.5 Å². The zero-order chi connectivity index (χ0) is 13.3. The Morgan fingerprint density at radius 1 is 1.44 bits per heavy atom. The van der Waals surface area contributed by atoms with Crippen LogP contribution in [0.1, 0.15) is 18.6 Å². The molecule has 1 heterocycles. The highest BCUT2D eigenvalue weighted by atomic mass is 35.5. The van der Waals surface area contributed by atoms with Crippen molar-refractivity contribution in [1.29, 1.82) is 0 Å². The fourth-order valence-corrected chi connectivity index (χ4v) is 2.34. The summed E-state index contributed by atoms with van der Waals surface area (Å²) in [6, 6.07) is 3.60. The molecule has 0 amide bonds. The number of aliphatic hydroxyl groups excluding tert-OH is 2. The van der Waals surface area contributed by atoms with E-state index in [0.29, 0.717) is 17.3 Å². The summed E-state index contributed by atoms with van der Waals surface area (Å²) in [7, 11) is 1.56. The smallest absolute Gasteiger partial charge is 0.138 e. The summed E-state index contributed by atoms with van der Waals surface area (Å²) >= 11 is 6.10. The van der Waals surface area contributed by atoms with E-state index in [1.165, 1.54) is 0 Å². The fourth-order valence-electron chi connectivity index (χ4n) is 2.10. The van der Waals surface area contributed by atoms with E-state index in [-0.39, 0.29) is 6.61 Å². The molecule has 18 heavy (non-hydrogen) atoms. The number of rotatable bonds is 4. The summed E-state index contributed by atoms with van der Waals surface area (Å²) < 4.78 is 7.06. The number of nitrogens with zero attached hydrogens (tertiary/aromatic N) is 1. The van der Waals surface area contributed by atoms with Crippen molar-refractivity contribution in [1.82, 2.24) is 4.57 Å². The molecule has 4 nitrogen and oxygen atoms in total. The minimum atomic E-state index is -0.585. The highest BCUT2D eigenvalue weighted by molar-refractivity contribution is 6.32. The third kappa shape index (κ3) is 2.19. The number of hydrogen-bond acceptors (Lipinski definition) is 3. The third-order valence-electron chi connectivity index (χ3n) is 2.98. The molecule has 0 aliphatic heterocycles. The molecule has 0 fully saturated rings. The Morgan fingerprint density at radius 3 is 2.72 bits per heavy atom. The van der Waals surface area contributed by atoms with E-state index in [0.717, 1.165) is 16.5 Å². The van der Waals surface area contributed by atoms with Gasteiger partial charge in [0.05, 0.1) is 30.4 Å². The predicted octanol–water partition coefficient (Wildman–Crippen LogP) is 2.35. The van der Waals surface area contributed by atoms with E-state index in [4.69, 9.17) is 21.4 Å². The second kappa shape index (κ2) is 5.18. The average molecular weight is 270 g/mol. The molecule has 0 bridgehead atoms. The predicted molar refractivity (Wildman–Crippen MR) is 71.2 cm³/mol. The first-order chi connectivity index (χ1) is 8.58. The lowest BCUT2D eigenvalue weighted by Crippen LogP contribution is -2.00. The van der Waals surface area contributed by atoms with E-state index < -0.39 is 6.10 Å². The standard InChI is InChI=1S/C13H16ClNO3/c1-8(17)10-7-15(3-4-16)12-6-11(14)13(18-2)5-9(10)12/h5-8,16-17H,3-4H2,1-2H3. The van der Waals surface area contributed by atoms with Gasteiger partial charge in [-0.1, -0.05) is 11.6 Å².